The summed E-state index contributed by atoms with van der Waals surface area (Å²) in [6.07, 6.45) is 0.755. The van der Waals surface area contributed by atoms with Gasteiger partial charge in [-0.15, -0.1) is 0 Å². The summed E-state index contributed by atoms with van der Waals surface area (Å²) in [4.78, 5) is 23.1. The molecule has 0 saturated heterocycles. The smallest absolute Gasteiger partial charge is 0.336 e. The second kappa shape index (κ2) is 7.23. The lowest BCUT2D eigenvalue weighted by molar-refractivity contribution is 0.0687. The molecule has 4 heteroatoms. The number of hydrogen-bond acceptors (Lipinski definition) is 2. The van der Waals surface area contributed by atoms with E-state index in [2.05, 4.69) is 0 Å². The van der Waals surface area contributed by atoms with Gasteiger partial charge in [0.15, 0.2) is 0 Å². The van der Waals surface area contributed by atoms with Crippen LogP contribution in [0.2, 0.25) is 0 Å². The molecule has 130 valence electrons. The molecule has 0 bridgehead atoms. The third-order valence-corrected chi connectivity index (χ3v) is 4.34. The van der Waals surface area contributed by atoms with E-state index in [0.717, 1.165) is 23.1 Å². The van der Waals surface area contributed by atoms with Crippen LogP contribution < -0.4 is 0 Å². The van der Waals surface area contributed by atoms with E-state index < -0.39 is 11.9 Å². The Hall–Kier alpha value is -3.40. The van der Waals surface area contributed by atoms with Crippen molar-refractivity contribution in [3.8, 4) is 22.3 Å². The van der Waals surface area contributed by atoms with Crippen molar-refractivity contribution < 1.29 is 19.8 Å². The quantitative estimate of drug-likeness (QED) is 0.683. The highest BCUT2D eigenvalue weighted by atomic mass is 16.4. The van der Waals surface area contributed by atoms with Crippen LogP contribution in [0.5, 0.6) is 0 Å². The Balaban J connectivity index is 2.25. The van der Waals surface area contributed by atoms with Crippen LogP contribution in [0.1, 0.15) is 33.2 Å². The zero-order chi connectivity index (χ0) is 18.7. The van der Waals surface area contributed by atoms with Gasteiger partial charge in [-0.2, -0.15) is 0 Å². The van der Waals surface area contributed by atoms with Gasteiger partial charge in [0, 0.05) is 0 Å². The maximum Gasteiger partial charge on any atom is 0.336 e. The Morgan fingerprint density at radius 3 is 1.54 bits per heavy atom. The van der Waals surface area contributed by atoms with Crippen LogP contribution in [0, 0.1) is 0 Å². The second-order valence-electron chi connectivity index (χ2n) is 5.97. The third kappa shape index (κ3) is 3.35. The molecule has 0 aliphatic carbocycles. The Morgan fingerprint density at radius 1 is 0.731 bits per heavy atom. The Kier molecular flexibility index (Phi) is 4.85. The van der Waals surface area contributed by atoms with E-state index in [1.54, 1.807) is 48.5 Å². The predicted molar refractivity (Wildman–Crippen MR) is 101 cm³/mol. The summed E-state index contributed by atoms with van der Waals surface area (Å²) < 4.78 is 0. The van der Waals surface area contributed by atoms with Gasteiger partial charge >= 0.3 is 11.9 Å². The molecule has 0 unspecified atom stereocenters. The number of carbonyl (C=O) groups is 2. The third-order valence-electron chi connectivity index (χ3n) is 4.34. The standard InChI is InChI=1S/C22H18O4/c1-2-14-11-15(17-7-3-5-9-19(17)21(23)24)13-16(12-14)18-8-4-6-10-20(18)22(25)26/h3-13H,2H2,1H3,(H,23,24)(H,25,26). The van der Waals surface area contributed by atoms with Gasteiger partial charge in [0.05, 0.1) is 11.1 Å². The first-order valence-electron chi connectivity index (χ1n) is 8.30. The fourth-order valence-electron chi connectivity index (χ4n) is 3.05. The number of carboxylic acids is 2. The molecule has 3 aromatic rings. The van der Waals surface area contributed by atoms with Gasteiger partial charge in [0.25, 0.3) is 0 Å². The number of carboxylic acid groups (broad SMARTS) is 2. The van der Waals surface area contributed by atoms with Crippen molar-refractivity contribution in [3.63, 3.8) is 0 Å². The average Bonchev–Trinajstić information content (AvgIpc) is 2.67. The number of rotatable bonds is 5. The molecule has 3 rings (SSSR count). The highest BCUT2D eigenvalue weighted by Gasteiger charge is 2.15. The first-order chi connectivity index (χ1) is 12.5. The van der Waals surface area contributed by atoms with Gasteiger partial charge in [0.2, 0.25) is 0 Å². The lowest BCUT2D eigenvalue weighted by atomic mass is 9.91. The molecule has 0 spiro atoms. The molecule has 4 nitrogen and oxygen atoms in total. The van der Waals surface area contributed by atoms with Crippen molar-refractivity contribution >= 4 is 11.9 Å². The first kappa shape index (κ1) is 17.4. The van der Waals surface area contributed by atoms with Crippen LogP contribution in [-0.4, -0.2) is 22.2 Å². The minimum absolute atomic E-state index is 0.221. The molecule has 26 heavy (non-hydrogen) atoms. The van der Waals surface area contributed by atoms with Crippen LogP contribution in [0.25, 0.3) is 22.3 Å². The van der Waals surface area contributed by atoms with E-state index in [0.29, 0.717) is 11.1 Å². The van der Waals surface area contributed by atoms with Crippen molar-refractivity contribution in [3.05, 3.63) is 83.4 Å². The summed E-state index contributed by atoms with van der Waals surface area (Å²) in [5.41, 5.74) is 4.21. The minimum Gasteiger partial charge on any atom is -0.478 e. The van der Waals surface area contributed by atoms with Crippen LogP contribution in [-0.2, 0) is 6.42 Å². The Bertz CT molecular complexity index is 913. The van der Waals surface area contributed by atoms with Crippen LogP contribution in [0.3, 0.4) is 0 Å². The molecule has 0 amide bonds. The van der Waals surface area contributed by atoms with Crippen molar-refractivity contribution in [2.75, 3.05) is 0 Å². The van der Waals surface area contributed by atoms with Gasteiger partial charge in [0.1, 0.15) is 0 Å². The maximum atomic E-state index is 11.6. The molecule has 0 aromatic heterocycles. The Morgan fingerprint density at radius 2 is 1.15 bits per heavy atom. The van der Waals surface area contributed by atoms with Gasteiger partial charge in [-0.1, -0.05) is 55.5 Å². The highest BCUT2D eigenvalue weighted by molar-refractivity contribution is 5.98. The second-order valence-corrected chi connectivity index (χ2v) is 5.97. The molecule has 0 saturated carbocycles. The van der Waals surface area contributed by atoms with E-state index in [1.807, 2.05) is 25.1 Å². The van der Waals surface area contributed by atoms with Crippen LogP contribution in [0.4, 0.5) is 0 Å². The largest absolute Gasteiger partial charge is 0.478 e. The van der Waals surface area contributed by atoms with Gasteiger partial charge in [-0.05, 0) is 52.4 Å². The summed E-state index contributed by atoms with van der Waals surface area (Å²) in [7, 11) is 0. The summed E-state index contributed by atoms with van der Waals surface area (Å²) in [5, 5.41) is 19.0. The molecule has 0 atom stereocenters. The topological polar surface area (TPSA) is 74.6 Å². The highest BCUT2D eigenvalue weighted by Crippen LogP contribution is 2.32. The molecule has 0 fully saturated rings. The van der Waals surface area contributed by atoms with Crippen molar-refractivity contribution in [1.82, 2.24) is 0 Å². The van der Waals surface area contributed by atoms with Gasteiger partial charge < -0.3 is 10.2 Å². The summed E-state index contributed by atoms with van der Waals surface area (Å²) >= 11 is 0. The van der Waals surface area contributed by atoms with Crippen LogP contribution >= 0.6 is 0 Å². The SMILES string of the molecule is CCc1cc(-c2ccccc2C(=O)O)cc(-c2ccccc2C(=O)O)c1. The molecular formula is C22H18O4. The molecular weight excluding hydrogens is 328 g/mol. The van der Waals surface area contributed by atoms with E-state index in [4.69, 9.17) is 0 Å². The lowest BCUT2D eigenvalue weighted by Crippen LogP contribution is -2.01. The fourth-order valence-corrected chi connectivity index (χ4v) is 3.05. The number of aryl methyl sites for hydroxylation is 1. The van der Waals surface area contributed by atoms with E-state index in [1.165, 1.54) is 0 Å². The summed E-state index contributed by atoms with van der Waals surface area (Å²) in [5.74, 6) is -1.98. The zero-order valence-electron chi connectivity index (χ0n) is 14.3. The van der Waals surface area contributed by atoms with E-state index >= 15 is 0 Å². The molecule has 2 N–H and O–H groups in total. The van der Waals surface area contributed by atoms with Gasteiger partial charge in [-0.3, -0.25) is 0 Å². The average molecular weight is 346 g/mol. The maximum absolute atomic E-state index is 11.6. The molecule has 0 heterocycles. The van der Waals surface area contributed by atoms with Gasteiger partial charge in [-0.25, -0.2) is 9.59 Å². The normalized spacial score (nSPS) is 10.5. The summed E-state index contributed by atoms with van der Waals surface area (Å²) in [6.45, 7) is 2.01. The molecule has 0 aliphatic heterocycles. The number of aromatic carboxylic acids is 2. The zero-order valence-corrected chi connectivity index (χ0v) is 14.3. The van der Waals surface area contributed by atoms with Crippen LogP contribution in [0.15, 0.2) is 66.7 Å². The number of benzene rings is 3. The van der Waals surface area contributed by atoms with Crippen molar-refractivity contribution in [2.24, 2.45) is 0 Å². The predicted octanol–water partition coefficient (Wildman–Crippen LogP) is 4.98. The lowest BCUT2D eigenvalue weighted by Gasteiger charge is -2.13. The Labute approximate surface area is 151 Å². The van der Waals surface area contributed by atoms with Crippen molar-refractivity contribution in [2.45, 2.75) is 13.3 Å². The summed E-state index contributed by atoms with van der Waals surface area (Å²) in [6, 6.07) is 19.4. The van der Waals surface area contributed by atoms with E-state index in [9.17, 15) is 19.8 Å². The minimum atomic E-state index is -0.991. The first-order valence-corrected chi connectivity index (χ1v) is 8.30. The van der Waals surface area contributed by atoms with Crippen molar-refractivity contribution in [1.29, 1.82) is 0 Å². The van der Waals surface area contributed by atoms with E-state index in [-0.39, 0.29) is 11.1 Å². The monoisotopic (exact) mass is 346 g/mol. The number of hydrogen-bond donors (Lipinski definition) is 2. The molecule has 0 aliphatic rings. The molecule has 3 aromatic carbocycles. The molecule has 0 radical (unpaired) electrons. The fraction of sp³-hybridized carbons (Fsp3) is 0.0909.